The predicted octanol–water partition coefficient (Wildman–Crippen LogP) is 3.25. The molecule has 2 rings (SSSR count). The van der Waals surface area contributed by atoms with E-state index < -0.39 is 5.60 Å². The Morgan fingerprint density at radius 2 is 2.03 bits per heavy atom. The molecule has 1 aromatic heterocycles. The summed E-state index contributed by atoms with van der Waals surface area (Å²) in [6.45, 7) is 11.7. The maximum absolute atomic E-state index is 12.4. The lowest BCUT2D eigenvalue weighted by atomic mass is 9.96. The Morgan fingerprint density at radius 1 is 1.37 bits per heavy atom. The van der Waals surface area contributed by atoms with Crippen LogP contribution < -0.4 is 10.2 Å². The molecule has 30 heavy (non-hydrogen) atoms. The van der Waals surface area contributed by atoms with Crippen LogP contribution in [-0.4, -0.2) is 79.8 Å². The van der Waals surface area contributed by atoms with E-state index in [0.29, 0.717) is 19.0 Å². The second-order valence-corrected chi connectivity index (χ2v) is 9.70. The number of aliphatic imine (C=N–C) groups is 1. The van der Waals surface area contributed by atoms with Crippen LogP contribution in [0.2, 0.25) is 0 Å². The molecule has 170 valence electrons. The zero-order valence-electron chi connectivity index (χ0n) is 19.6. The molecule has 1 N–H and O–H groups in total. The van der Waals surface area contributed by atoms with E-state index in [-0.39, 0.29) is 6.09 Å². The Balaban J connectivity index is 1.81. The first-order valence-electron chi connectivity index (χ1n) is 10.7. The number of carbonyl (C=O) groups is 1. The van der Waals surface area contributed by atoms with Gasteiger partial charge in [0.2, 0.25) is 0 Å². The van der Waals surface area contributed by atoms with E-state index in [9.17, 15) is 4.79 Å². The van der Waals surface area contributed by atoms with Gasteiger partial charge in [0.15, 0.2) is 11.1 Å². The fraction of sp³-hybridized carbons (Fsp3) is 0.762. The van der Waals surface area contributed by atoms with Crippen molar-refractivity contribution in [2.24, 2.45) is 10.9 Å². The number of carbonyl (C=O) groups excluding carboxylic acids is 1. The lowest BCUT2D eigenvalue weighted by molar-refractivity contribution is 0.0214. The molecule has 0 radical (unpaired) electrons. The molecule has 0 spiro atoms. The number of amides is 1. The molecule has 8 nitrogen and oxygen atoms in total. The van der Waals surface area contributed by atoms with Crippen molar-refractivity contribution >= 4 is 28.5 Å². The summed E-state index contributed by atoms with van der Waals surface area (Å²) in [5.74, 6) is 1.39. The number of rotatable bonds is 6. The molecule has 0 unspecified atom stereocenters. The van der Waals surface area contributed by atoms with Crippen LogP contribution in [0.3, 0.4) is 0 Å². The Kier molecular flexibility index (Phi) is 8.76. The molecule has 1 amide bonds. The summed E-state index contributed by atoms with van der Waals surface area (Å²) < 4.78 is 5.54. The fourth-order valence-corrected chi connectivity index (χ4v) is 4.14. The minimum absolute atomic E-state index is 0.217. The van der Waals surface area contributed by atoms with Gasteiger partial charge in [-0.3, -0.25) is 4.99 Å². The van der Waals surface area contributed by atoms with Gasteiger partial charge in [-0.25, -0.2) is 9.78 Å². The predicted molar refractivity (Wildman–Crippen MR) is 124 cm³/mol. The lowest BCUT2D eigenvalue weighted by Crippen LogP contribution is -2.47. The monoisotopic (exact) mass is 438 g/mol. The van der Waals surface area contributed by atoms with Gasteiger partial charge in [0.1, 0.15) is 5.60 Å². The van der Waals surface area contributed by atoms with E-state index in [0.717, 1.165) is 49.3 Å². The van der Waals surface area contributed by atoms with Crippen molar-refractivity contribution in [1.82, 2.24) is 20.1 Å². The van der Waals surface area contributed by atoms with Gasteiger partial charge in [-0.05, 0) is 46.5 Å². The van der Waals surface area contributed by atoms with Crippen LogP contribution in [0.4, 0.5) is 9.93 Å². The smallest absolute Gasteiger partial charge is 0.410 e. The molecule has 9 heteroatoms. The van der Waals surface area contributed by atoms with Crippen molar-refractivity contribution in [3.63, 3.8) is 0 Å². The average Bonchev–Trinajstić information content (AvgIpc) is 3.15. The first kappa shape index (κ1) is 24.2. The van der Waals surface area contributed by atoms with E-state index in [1.807, 2.05) is 58.6 Å². The summed E-state index contributed by atoms with van der Waals surface area (Å²) in [7, 11) is 5.82. The van der Waals surface area contributed by atoms with Crippen LogP contribution in [0, 0.1) is 5.92 Å². The quantitative estimate of drug-likeness (QED) is 0.543. The average molecular weight is 439 g/mol. The molecule has 0 saturated carbocycles. The minimum Gasteiger partial charge on any atom is -0.444 e. The molecule has 0 bridgehead atoms. The first-order chi connectivity index (χ1) is 14.1. The SMILES string of the molecule is CCN(CC1CCN(C(=NC)NCc2csc(N(C)C)n2)CC1)C(=O)OC(C)(C)C. The number of piperidine rings is 1. The molecule has 1 aromatic rings. The van der Waals surface area contributed by atoms with Crippen molar-refractivity contribution in [1.29, 1.82) is 0 Å². The lowest BCUT2D eigenvalue weighted by Gasteiger charge is -2.36. The summed E-state index contributed by atoms with van der Waals surface area (Å²) in [5, 5.41) is 6.52. The van der Waals surface area contributed by atoms with E-state index in [2.05, 4.69) is 25.6 Å². The van der Waals surface area contributed by atoms with Crippen LogP contribution in [0.15, 0.2) is 10.4 Å². The van der Waals surface area contributed by atoms with Gasteiger partial charge in [-0.1, -0.05) is 0 Å². The van der Waals surface area contributed by atoms with Crippen molar-refractivity contribution in [2.75, 3.05) is 52.2 Å². The summed E-state index contributed by atoms with van der Waals surface area (Å²) in [6, 6.07) is 0. The highest BCUT2D eigenvalue weighted by Crippen LogP contribution is 2.21. The van der Waals surface area contributed by atoms with Gasteiger partial charge in [-0.15, -0.1) is 11.3 Å². The maximum atomic E-state index is 12.4. The van der Waals surface area contributed by atoms with Gasteiger partial charge in [-0.2, -0.15) is 0 Å². The highest BCUT2D eigenvalue weighted by molar-refractivity contribution is 7.13. The van der Waals surface area contributed by atoms with Gasteiger partial charge in [0.05, 0.1) is 12.2 Å². The molecule has 0 aliphatic carbocycles. The second kappa shape index (κ2) is 10.8. The Hall–Kier alpha value is -2.03. The highest BCUT2D eigenvalue weighted by atomic mass is 32.1. The van der Waals surface area contributed by atoms with Crippen molar-refractivity contribution < 1.29 is 9.53 Å². The van der Waals surface area contributed by atoms with E-state index in [1.54, 1.807) is 11.3 Å². The van der Waals surface area contributed by atoms with Crippen LogP contribution >= 0.6 is 11.3 Å². The Labute approximate surface area is 185 Å². The third kappa shape index (κ3) is 7.34. The highest BCUT2D eigenvalue weighted by Gasteiger charge is 2.27. The van der Waals surface area contributed by atoms with Crippen LogP contribution in [-0.2, 0) is 11.3 Å². The first-order valence-corrected chi connectivity index (χ1v) is 11.6. The number of nitrogens with zero attached hydrogens (tertiary/aromatic N) is 5. The van der Waals surface area contributed by atoms with Crippen molar-refractivity contribution in [3.8, 4) is 0 Å². The third-order valence-electron chi connectivity index (χ3n) is 4.99. The molecule has 2 heterocycles. The maximum Gasteiger partial charge on any atom is 0.410 e. The summed E-state index contributed by atoms with van der Waals surface area (Å²) in [5.41, 5.74) is 0.562. The zero-order chi connectivity index (χ0) is 22.3. The number of thiazole rings is 1. The standard InChI is InChI=1S/C21H38N6O2S/c1-8-26(20(28)29-21(2,3)4)14-16-9-11-27(12-10-16)18(22-5)23-13-17-15-30-19(24-17)25(6)7/h15-16H,8-14H2,1-7H3,(H,22,23). The Morgan fingerprint density at radius 3 is 2.53 bits per heavy atom. The van der Waals surface area contributed by atoms with Crippen molar-refractivity contribution in [3.05, 3.63) is 11.1 Å². The largest absolute Gasteiger partial charge is 0.444 e. The summed E-state index contributed by atoms with van der Waals surface area (Å²) >= 11 is 1.64. The summed E-state index contributed by atoms with van der Waals surface area (Å²) in [6.07, 6.45) is 1.84. The van der Waals surface area contributed by atoms with Gasteiger partial charge < -0.3 is 24.8 Å². The number of likely N-dealkylation sites (tertiary alicyclic amines) is 1. The van der Waals surface area contributed by atoms with Crippen LogP contribution in [0.5, 0.6) is 0 Å². The minimum atomic E-state index is -0.462. The number of guanidine groups is 1. The van der Waals surface area contributed by atoms with E-state index >= 15 is 0 Å². The van der Waals surface area contributed by atoms with Crippen molar-refractivity contribution in [2.45, 2.75) is 52.7 Å². The zero-order valence-corrected chi connectivity index (χ0v) is 20.4. The Bertz CT molecular complexity index is 705. The summed E-state index contributed by atoms with van der Waals surface area (Å²) in [4.78, 5) is 27.6. The number of nitrogens with one attached hydrogen (secondary N) is 1. The molecule has 1 aliphatic rings. The second-order valence-electron chi connectivity index (χ2n) is 8.87. The molecule has 0 aromatic carbocycles. The van der Waals surface area contributed by atoms with Gasteiger partial charge in [0.25, 0.3) is 0 Å². The van der Waals surface area contributed by atoms with Crippen LogP contribution in [0.25, 0.3) is 0 Å². The fourth-order valence-electron chi connectivity index (χ4n) is 3.38. The molecular formula is C21H38N6O2S. The molecule has 0 atom stereocenters. The normalized spacial score (nSPS) is 15.8. The molecule has 1 saturated heterocycles. The molecule has 1 aliphatic heterocycles. The third-order valence-corrected chi connectivity index (χ3v) is 6.04. The van der Waals surface area contributed by atoms with E-state index in [4.69, 9.17) is 4.74 Å². The number of hydrogen-bond acceptors (Lipinski definition) is 6. The number of ether oxygens (including phenoxy) is 1. The van der Waals surface area contributed by atoms with Gasteiger partial charge >= 0.3 is 6.09 Å². The number of hydrogen-bond donors (Lipinski definition) is 1. The topological polar surface area (TPSA) is 73.3 Å². The van der Waals surface area contributed by atoms with E-state index in [1.165, 1.54) is 0 Å². The molecule has 1 fully saturated rings. The number of anilines is 1. The van der Waals surface area contributed by atoms with Gasteiger partial charge in [0, 0.05) is 52.7 Å². The van der Waals surface area contributed by atoms with Crippen LogP contribution in [0.1, 0.15) is 46.2 Å². The number of aromatic nitrogens is 1. The molecular weight excluding hydrogens is 400 g/mol.